The van der Waals surface area contributed by atoms with Crippen molar-refractivity contribution in [2.24, 2.45) is 0 Å². The van der Waals surface area contributed by atoms with Gasteiger partial charge in [-0.15, -0.1) is 5.10 Å². The number of nitrogen functional groups attached to an aromatic ring is 1. The van der Waals surface area contributed by atoms with Crippen LogP contribution >= 0.6 is 0 Å². The molecule has 1 aromatic carbocycles. The van der Waals surface area contributed by atoms with Crippen molar-refractivity contribution >= 4 is 16.9 Å². The topological polar surface area (TPSA) is 134 Å². The van der Waals surface area contributed by atoms with Crippen LogP contribution in [0.15, 0.2) is 47.5 Å². The summed E-state index contributed by atoms with van der Waals surface area (Å²) in [7, 11) is 1.56. The smallest absolute Gasteiger partial charge is 0.255 e. The van der Waals surface area contributed by atoms with Crippen LogP contribution < -0.4 is 16.0 Å². The number of hydrogen-bond donors (Lipinski definition) is 2. The number of nitrogens with two attached hydrogens (primary N) is 1. The summed E-state index contributed by atoms with van der Waals surface area (Å²) in [6.45, 7) is 3.72. The Bertz CT molecular complexity index is 1300. The molecule has 3 aromatic heterocycles. The summed E-state index contributed by atoms with van der Waals surface area (Å²) in [4.78, 5) is 21.4. The lowest BCUT2D eigenvalue weighted by atomic mass is 10.1. The van der Waals surface area contributed by atoms with Gasteiger partial charge in [-0.2, -0.15) is 0 Å². The van der Waals surface area contributed by atoms with Crippen molar-refractivity contribution in [2.75, 3.05) is 12.8 Å². The average Bonchev–Trinajstić information content (AvgIpc) is 3.17. The Kier molecular flexibility index (Phi) is 5.15. The van der Waals surface area contributed by atoms with Gasteiger partial charge in [-0.25, -0.2) is 14.6 Å². The molecule has 0 atom stereocenters. The van der Waals surface area contributed by atoms with Gasteiger partial charge in [0.15, 0.2) is 0 Å². The molecule has 4 rings (SSSR count). The van der Waals surface area contributed by atoms with Gasteiger partial charge in [0.1, 0.15) is 22.7 Å². The zero-order valence-corrected chi connectivity index (χ0v) is 17.5. The van der Waals surface area contributed by atoms with E-state index in [1.807, 2.05) is 12.1 Å². The Morgan fingerprint density at radius 3 is 2.74 bits per heavy atom. The molecular formula is C21H23N7O3. The van der Waals surface area contributed by atoms with Gasteiger partial charge in [0.2, 0.25) is 5.95 Å². The van der Waals surface area contributed by atoms with E-state index in [-0.39, 0.29) is 24.6 Å². The van der Waals surface area contributed by atoms with Crippen LogP contribution in [0.5, 0.6) is 5.75 Å². The summed E-state index contributed by atoms with van der Waals surface area (Å²) >= 11 is 0. The van der Waals surface area contributed by atoms with Crippen molar-refractivity contribution in [1.82, 2.24) is 29.5 Å². The molecule has 160 valence electrons. The molecule has 10 heteroatoms. The molecular weight excluding hydrogens is 398 g/mol. The van der Waals surface area contributed by atoms with E-state index in [2.05, 4.69) is 20.3 Å². The summed E-state index contributed by atoms with van der Waals surface area (Å²) in [5.41, 5.74) is 6.85. The molecule has 31 heavy (non-hydrogen) atoms. The Morgan fingerprint density at radius 2 is 2.00 bits per heavy atom. The van der Waals surface area contributed by atoms with Gasteiger partial charge in [-0.05, 0) is 26.0 Å². The number of fused-ring (bicyclic) bond motifs is 1. The SMILES string of the molecule is COc1cccc2c(-c3cn(Cc4cccn(CC(C)(C)O)c4=O)nn3)nc(N)nc12. The third-order valence-electron chi connectivity index (χ3n) is 4.70. The van der Waals surface area contributed by atoms with Gasteiger partial charge in [-0.3, -0.25) is 4.79 Å². The van der Waals surface area contributed by atoms with E-state index in [0.29, 0.717) is 28.2 Å². The average molecular weight is 421 g/mol. The lowest BCUT2D eigenvalue weighted by molar-refractivity contribution is 0.0603. The Hall–Kier alpha value is -3.79. The molecule has 0 fully saturated rings. The molecule has 0 radical (unpaired) electrons. The number of pyridine rings is 1. The number of ether oxygens (including phenoxy) is 1. The summed E-state index contributed by atoms with van der Waals surface area (Å²) in [5, 5.41) is 19.1. The van der Waals surface area contributed by atoms with Crippen molar-refractivity contribution < 1.29 is 9.84 Å². The zero-order valence-electron chi connectivity index (χ0n) is 17.5. The van der Waals surface area contributed by atoms with Crippen molar-refractivity contribution in [3.05, 3.63) is 58.6 Å². The fraction of sp³-hybridized carbons (Fsp3) is 0.286. The predicted molar refractivity (Wildman–Crippen MR) is 116 cm³/mol. The number of benzene rings is 1. The highest BCUT2D eigenvalue weighted by molar-refractivity contribution is 5.95. The molecule has 0 unspecified atom stereocenters. The number of aliphatic hydroxyl groups is 1. The fourth-order valence-electron chi connectivity index (χ4n) is 3.41. The summed E-state index contributed by atoms with van der Waals surface area (Å²) in [6, 6.07) is 8.99. The van der Waals surface area contributed by atoms with Crippen LogP contribution in [-0.2, 0) is 13.1 Å². The van der Waals surface area contributed by atoms with E-state index in [9.17, 15) is 9.90 Å². The van der Waals surface area contributed by atoms with Gasteiger partial charge in [0.25, 0.3) is 5.56 Å². The maximum atomic E-state index is 12.8. The number of para-hydroxylation sites is 1. The van der Waals surface area contributed by atoms with Crippen LogP contribution in [0.4, 0.5) is 5.95 Å². The first kappa shape index (κ1) is 20.5. The van der Waals surface area contributed by atoms with Gasteiger partial charge >= 0.3 is 0 Å². The lowest BCUT2D eigenvalue weighted by Gasteiger charge is -2.19. The number of hydrogen-bond acceptors (Lipinski definition) is 8. The highest BCUT2D eigenvalue weighted by Crippen LogP contribution is 2.30. The summed E-state index contributed by atoms with van der Waals surface area (Å²) in [5.74, 6) is 0.677. The predicted octanol–water partition coefficient (Wildman–Crippen LogP) is 1.46. The molecule has 4 aromatic rings. The number of aromatic nitrogens is 6. The molecule has 0 saturated carbocycles. The molecule has 10 nitrogen and oxygen atoms in total. The summed E-state index contributed by atoms with van der Waals surface area (Å²) in [6.07, 6.45) is 3.35. The van der Waals surface area contributed by atoms with Crippen molar-refractivity contribution in [2.45, 2.75) is 32.5 Å². The van der Waals surface area contributed by atoms with Crippen LogP contribution in [0.1, 0.15) is 19.4 Å². The van der Waals surface area contributed by atoms with Gasteiger partial charge in [-0.1, -0.05) is 23.4 Å². The minimum absolute atomic E-state index is 0.0964. The van der Waals surface area contributed by atoms with Crippen molar-refractivity contribution in [1.29, 1.82) is 0 Å². The molecule has 3 N–H and O–H groups in total. The molecule has 0 bridgehead atoms. The number of rotatable bonds is 6. The quantitative estimate of drug-likeness (QED) is 0.478. The molecule has 0 aliphatic carbocycles. The number of anilines is 1. The lowest BCUT2D eigenvalue weighted by Crippen LogP contribution is -2.34. The number of nitrogens with zero attached hydrogens (tertiary/aromatic N) is 6. The molecule has 0 saturated heterocycles. The minimum atomic E-state index is -1.00. The normalized spacial score (nSPS) is 11.7. The Labute approximate surface area is 177 Å². The second-order valence-electron chi connectivity index (χ2n) is 7.87. The van der Waals surface area contributed by atoms with E-state index < -0.39 is 5.60 Å². The Balaban J connectivity index is 1.69. The first-order valence-electron chi connectivity index (χ1n) is 9.66. The first-order valence-corrected chi connectivity index (χ1v) is 9.66. The number of methoxy groups -OCH3 is 1. The zero-order chi connectivity index (χ0) is 22.2. The van der Waals surface area contributed by atoms with E-state index in [0.717, 1.165) is 5.39 Å². The highest BCUT2D eigenvalue weighted by atomic mass is 16.5. The molecule has 3 heterocycles. The van der Waals surface area contributed by atoms with Gasteiger partial charge in [0, 0.05) is 17.1 Å². The molecule has 0 aliphatic rings. The third kappa shape index (κ3) is 4.24. The van der Waals surface area contributed by atoms with Crippen LogP contribution in [-0.4, -0.2) is 47.3 Å². The van der Waals surface area contributed by atoms with E-state index >= 15 is 0 Å². The van der Waals surface area contributed by atoms with Crippen LogP contribution in [0.25, 0.3) is 22.3 Å². The molecule has 0 amide bonds. The van der Waals surface area contributed by atoms with Crippen LogP contribution in [0.3, 0.4) is 0 Å². The molecule has 0 spiro atoms. The standard InChI is InChI=1S/C21H23N7O3/c1-21(2,30)12-27-9-5-6-13(19(27)29)10-28-11-15(25-26-28)17-14-7-4-8-16(31-3)18(14)24-20(22)23-17/h4-9,11,30H,10,12H2,1-3H3,(H2,22,23,24). The maximum Gasteiger partial charge on any atom is 0.255 e. The third-order valence-corrected chi connectivity index (χ3v) is 4.70. The van der Waals surface area contributed by atoms with E-state index in [4.69, 9.17) is 10.5 Å². The highest BCUT2D eigenvalue weighted by Gasteiger charge is 2.17. The van der Waals surface area contributed by atoms with Gasteiger partial charge < -0.3 is 20.1 Å². The van der Waals surface area contributed by atoms with Crippen molar-refractivity contribution in [3.8, 4) is 17.1 Å². The van der Waals surface area contributed by atoms with Crippen molar-refractivity contribution in [3.63, 3.8) is 0 Å². The second kappa shape index (κ2) is 7.80. The monoisotopic (exact) mass is 421 g/mol. The molecule has 0 aliphatic heterocycles. The van der Waals surface area contributed by atoms with Crippen LogP contribution in [0, 0.1) is 0 Å². The van der Waals surface area contributed by atoms with Gasteiger partial charge in [0.05, 0.1) is 32.0 Å². The fourth-order valence-corrected chi connectivity index (χ4v) is 3.41. The van der Waals surface area contributed by atoms with Crippen LogP contribution in [0.2, 0.25) is 0 Å². The first-order chi connectivity index (χ1) is 14.7. The second-order valence-corrected chi connectivity index (χ2v) is 7.87. The largest absolute Gasteiger partial charge is 0.494 e. The Morgan fingerprint density at radius 1 is 1.19 bits per heavy atom. The minimum Gasteiger partial charge on any atom is -0.494 e. The summed E-state index contributed by atoms with van der Waals surface area (Å²) < 4.78 is 8.42. The van der Waals surface area contributed by atoms with E-state index in [1.54, 1.807) is 56.2 Å². The van der Waals surface area contributed by atoms with E-state index in [1.165, 1.54) is 4.57 Å². The maximum absolute atomic E-state index is 12.8.